The second-order valence-electron chi connectivity index (χ2n) is 5.94. The van der Waals surface area contributed by atoms with Gasteiger partial charge in [-0.2, -0.15) is 17.9 Å². The molecule has 0 aliphatic heterocycles. The number of nitrogens with zero attached hydrogens (tertiary/aromatic N) is 6. The topological polar surface area (TPSA) is 92.8 Å². The van der Waals surface area contributed by atoms with Gasteiger partial charge in [-0.05, 0) is 30.3 Å². The van der Waals surface area contributed by atoms with Gasteiger partial charge in [0, 0.05) is 49.2 Å². The molecule has 140 valence electrons. The van der Waals surface area contributed by atoms with Crippen LogP contribution in [0, 0.1) is 0 Å². The number of sulfonamides is 1. The molecule has 0 aliphatic carbocycles. The number of hydrogen-bond donors (Lipinski definition) is 0. The van der Waals surface area contributed by atoms with Crippen LogP contribution in [0.15, 0.2) is 83.6 Å². The van der Waals surface area contributed by atoms with Gasteiger partial charge in [-0.1, -0.05) is 6.07 Å². The molecule has 0 spiro atoms. The van der Waals surface area contributed by atoms with Gasteiger partial charge in [-0.3, -0.25) is 14.4 Å². The van der Waals surface area contributed by atoms with Crippen LogP contribution in [-0.4, -0.2) is 45.4 Å². The van der Waals surface area contributed by atoms with Crippen LogP contribution in [0.3, 0.4) is 0 Å². The third-order valence-electron chi connectivity index (χ3n) is 4.16. The van der Waals surface area contributed by atoms with E-state index >= 15 is 0 Å². The Morgan fingerprint density at radius 2 is 1.79 bits per heavy atom. The van der Waals surface area contributed by atoms with Crippen LogP contribution in [0.4, 0.5) is 0 Å². The SMILES string of the molecule is CN(/N=C/c1cnc2ccc(-c3cccnc3)cn12)S(=O)(=O)c1cccnc1. The first kappa shape index (κ1) is 17.8. The van der Waals surface area contributed by atoms with Gasteiger partial charge in [0.2, 0.25) is 0 Å². The van der Waals surface area contributed by atoms with Gasteiger partial charge in [0.1, 0.15) is 10.5 Å². The summed E-state index contributed by atoms with van der Waals surface area (Å²) in [6.45, 7) is 0. The Morgan fingerprint density at radius 1 is 1.00 bits per heavy atom. The second-order valence-corrected chi connectivity index (χ2v) is 7.89. The Balaban J connectivity index is 1.66. The molecule has 4 heterocycles. The van der Waals surface area contributed by atoms with E-state index in [-0.39, 0.29) is 4.90 Å². The fourth-order valence-corrected chi connectivity index (χ4v) is 3.57. The quantitative estimate of drug-likeness (QED) is 0.384. The molecule has 8 nitrogen and oxygen atoms in total. The van der Waals surface area contributed by atoms with Crippen LogP contribution in [0.2, 0.25) is 0 Å². The minimum Gasteiger partial charge on any atom is -0.298 e. The third-order valence-corrected chi connectivity index (χ3v) is 5.79. The highest BCUT2D eigenvalue weighted by molar-refractivity contribution is 7.89. The molecule has 0 unspecified atom stereocenters. The van der Waals surface area contributed by atoms with Gasteiger partial charge in [0.25, 0.3) is 10.0 Å². The molecule has 0 aromatic carbocycles. The molecule has 0 aliphatic rings. The third kappa shape index (κ3) is 3.35. The first-order valence-electron chi connectivity index (χ1n) is 8.36. The van der Waals surface area contributed by atoms with Crippen molar-refractivity contribution in [1.82, 2.24) is 23.8 Å². The molecular formula is C19H16N6O2S. The van der Waals surface area contributed by atoms with E-state index in [4.69, 9.17) is 0 Å². The summed E-state index contributed by atoms with van der Waals surface area (Å²) in [5, 5.41) is 4.09. The van der Waals surface area contributed by atoms with Crippen LogP contribution in [0.1, 0.15) is 5.69 Å². The molecule has 4 aromatic heterocycles. The molecule has 28 heavy (non-hydrogen) atoms. The Hall–Kier alpha value is -3.59. The lowest BCUT2D eigenvalue weighted by Gasteiger charge is -2.12. The smallest absolute Gasteiger partial charge is 0.280 e. The van der Waals surface area contributed by atoms with Gasteiger partial charge in [-0.15, -0.1) is 0 Å². The molecule has 0 bridgehead atoms. The number of aromatic nitrogens is 4. The predicted octanol–water partition coefficient (Wildman–Crippen LogP) is 2.45. The average Bonchev–Trinajstić information content (AvgIpc) is 3.15. The number of hydrazone groups is 1. The van der Waals surface area contributed by atoms with Gasteiger partial charge in [-0.25, -0.2) is 4.98 Å². The van der Waals surface area contributed by atoms with Crippen molar-refractivity contribution >= 4 is 21.9 Å². The predicted molar refractivity (Wildman–Crippen MR) is 105 cm³/mol. The Morgan fingerprint density at radius 3 is 2.50 bits per heavy atom. The summed E-state index contributed by atoms with van der Waals surface area (Å²) in [5.74, 6) is 0. The summed E-state index contributed by atoms with van der Waals surface area (Å²) >= 11 is 0. The molecule has 0 fully saturated rings. The highest BCUT2D eigenvalue weighted by Gasteiger charge is 2.19. The summed E-state index contributed by atoms with van der Waals surface area (Å²) in [5.41, 5.74) is 3.31. The second kappa shape index (κ2) is 7.20. The normalized spacial score (nSPS) is 11.9. The molecule has 0 atom stereocenters. The van der Waals surface area contributed by atoms with Crippen LogP contribution in [-0.2, 0) is 10.0 Å². The van der Waals surface area contributed by atoms with Crippen molar-refractivity contribution in [1.29, 1.82) is 0 Å². The first-order chi connectivity index (χ1) is 13.6. The van der Waals surface area contributed by atoms with E-state index < -0.39 is 10.0 Å². The minimum absolute atomic E-state index is 0.0756. The lowest BCUT2D eigenvalue weighted by atomic mass is 10.1. The number of hydrogen-bond acceptors (Lipinski definition) is 6. The average molecular weight is 392 g/mol. The molecular weight excluding hydrogens is 376 g/mol. The zero-order valence-corrected chi connectivity index (χ0v) is 15.7. The number of fused-ring (bicyclic) bond motifs is 1. The van der Waals surface area contributed by atoms with E-state index in [0.717, 1.165) is 21.2 Å². The van der Waals surface area contributed by atoms with Crippen molar-refractivity contribution in [3.8, 4) is 11.1 Å². The van der Waals surface area contributed by atoms with Crippen LogP contribution < -0.4 is 0 Å². The van der Waals surface area contributed by atoms with Crippen molar-refractivity contribution in [2.24, 2.45) is 5.10 Å². The Bertz CT molecular complexity index is 1240. The van der Waals surface area contributed by atoms with E-state index in [2.05, 4.69) is 20.1 Å². The Kier molecular flexibility index (Phi) is 4.58. The van der Waals surface area contributed by atoms with E-state index in [0.29, 0.717) is 5.69 Å². The molecule has 0 amide bonds. The molecule has 0 radical (unpaired) electrons. The van der Waals surface area contributed by atoms with Crippen LogP contribution in [0.25, 0.3) is 16.8 Å². The van der Waals surface area contributed by atoms with E-state index in [9.17, 15) is 8.42 Å². The largest absolute Gasteiger partial charge is 0.298 e. The molecule has 0 N–H and O–H groups in total. The van der Waals surface area contributed by atoms with Crippen molar-refractivity contribution in [3.63, 3.8) is 0 Å². The minimum atomic E-state index is -3.76. The lowest BCUT2D eigenvalue weighted by Crippen LogP contribution is -2.22. The summed E-state index contributed by atoms with van der Waals surface area (Å²) in [6.07, 6.45) is 11.3. The monoisotopic (exact) mass is 392 g/mol. The fourth-order valence-electron chi connectivity index (χ4n) is 2.65. The maximum absolute atomic E-state index is 12.5. The van der Waals surface area contributed by atoms with E-state index in [1.54, 1.807) is 24.7 Å². The van der Waals surface area contributed by atoms with E-state index in [1.807, 2.05) is 34.9 Å². The fraction of sp³-hybridized carbons (Fsp3) is 0.0526. The zero-order valence-electron chi connectivity index (χ0n) is 14.9. The molecule has 4 rings (SSSR count). The molecule has 0 saturated heterocycles. The van der Waals surface area contributed by atoms with Gasteiger partial charge < -0.3 is 0 Å². The van der Waals surface area contributed by atoms with Crippen molar-refractivity contribution in [2.45, 2.75) is 4.90 Å². The highest BCUT2D eigenvalue weighted by atomic mass is 32.2. The molecule has 4 aromatic rings. The number of pyridine rings is 3. The van der Waals surface area contributed by atoms with Gasteiger partial charge >= 0.3 is 0 Å². The standard InChI is InChI=1S/C19H16N6O2S/c1-24(28(26,27)18-5-3-9-21-13-18)23-12-17-11-22-19-7-6-16(14-25(17)19)15-4-2-8-20-10-15/h2-14H,1H3/b23-12+. The van der Waals surface area contributed by atoms with Crippen molar-refractivity contribution in [3.05, 3.63) is 79.3 Å². The first-order valence-corrected chi connectivity index (χ1v) is 9.80. The number of imidazole rings is 1. The zero-order chi connectivity index (χ0) is 19.6. The lowest BCUT2D eigenvalue weighted by molar-refractivity contribution is 0.490. The van der Waals surface area contributed by atoms with E-state index in [1.165, 1.54) is 31.7 Å². The van der Waals surface area contributed by atoms with Crippen molar-refractivity contribution in [2.75, 3.05) is 7.05 Å². The van der Waals surface area contributed by atoms with Crippen molar-refractivity contribution < 1.29 is 8.42 Å². The van der Waals surface area contributed by atoms with Crippen LogP contribution >= 0.6 is 0 Å². The molecule has 0 saturated carbocycles. The summed E-state index contributed by atoms with van der Waals surface area (Å²) in [6, 6.07) is 10.7. The Labute approximate surface area is 161 Å². The van der Waals surface area contributed by atoms with Gasteiger partial charge in [0.05, 0.1) is 18.1 Å². The van der Waals surface area contributed by atoms with Crippen LogP contribution in [0.5, 0.6) is 0 Å². The summed E-state index contributed by atoms with van der Waals surface area (Å²) < 4.78 is 27.8. The maximum Gasteiger partial charge on any atom is 0.280 e. The summed E-state index contributed by atoms with van der Waals surface area (Å²) in [4.78, 5) is 12.4. The van der Waals surface area contributed by atoms with Gasteiger partial charge in [0.15, 0.2) is 0 Å². The number of rotatable bonds is 5. The highest BCUT2D eigenvalue weighted by Crippen LogP contribution is 2.19. The molecule has 9 heteroatoms. The summed E-state index contributed by atoms with van der Waals surface area (Å²) in [7, 11) is -2.38. The maximum atomic E-state index is 12.5.